The Labute approximate surface area is 101 Å². The Morgan fingerprint density at radius 1 is 1.47 bits per heavy atom. The molecule has 2 unspecified atom stereocenters. The van der Waals surface area contributed by atoms with Crippen molar-refractivity contribution < 1.29 is 9.63 Å². The molecule has 1 aliphatic heterocycles. The van der Waals surface area contributed by atoms with Crippen LogP contribution in [0.2, 0.25) is 0 Å². The molecule has 1 aromatic rings. The van der Waals surface area contributed by atoms with Crippen LogP contribution in [0.15, 0.2) is 4.52 Å². The molecule has 1 saturated heterocycles. The van der Waals surface area contributed by atoms with E-state index in [0.29, 0.717) is 11.8 Å². The molecule has 0 amide bonds. The number of aromatic nitrogens is 2. The molecule has 2 aliphatic rings. The Kier molecular flexibility index (Phi) is 2.88. The fraction of sp³-hybridized carbons (Fsp3) is 0.833. The van der Waals surface area contributed by atoms with Crippen LogP contribution in [0.5, 0.6) is 0 Å². The van der Waals surface area contributed by atoms with Gasteiger partial charge in [0.2, 0.25) is 5.89 Å². The van der Waals surface area contributed by atoms with Gasteiger partial charge in [-0.2, -0.15) is 4.98 Å². The second kappa shape index (κ2) is 4.38. The average molecular weight is 237 g/mol. The summed E-state index contributed by atoms with van der Waals surface area (Å²) in [5, 5.41) is 13.2. The molecule has 1 N–H and O–H groups in total. The Morgan fingerprint density at radius 2 is 2.29 bits per heavy atom. The zero-order valence-electron chi connectivity index (χ0n) is 10.2. The molecule has 1 aromatic heterocycles. The highest BCUT2D eigenvalue weighted by molar-refractivity contribution is 5.05. The predicted octanol–water partition coefficient (Wildman–Crippen LogP) is 1.32. The second-order valence-electron chi connectivity index (χ2n) is 5.27. The van der Waals surface area contributed by atoms with Crippen molar-refractivity contribution in [3.63, 3.8) is 0 Å². The molecule has 2 fully saturated rings. The summed E-state index contributed by atoms with van der Waals surface area (Å²) in [6.45, 7) is 4.32. The largest absolute Gasteiger partial charge is 0.396 e. The van der Waals surface area contributed by atoms with Crippen molar-refractivity contribution >= 4 is 0 Å². The summed E-state index contributed by atoms with van der Waals surface area (Å²) in [5.74, 6) is 2.56. The van der Waals surface area contributed by atoms with Crippen molar-refractivity contribution in [1.82, 2.24) is 15.0 Å². The lowest BCUT2D eigenvalue weighted by Crippen LogP contribution is -2.25. The van der Waals surface area contributed by atoms with Crippen LogP contribution in [0.1, 0.15) is 49.9 Å². The van der Waals surface area contributed by atoms with Crippen LogP contribution >= 0.6 is 0 Å². The fourth-order valence-electron chi connectivity index (χ4n) is 2.44. The highest BCUT2D eigenvalue weighted by Gasteiger charge is 2.32. The van der Waals surface area contributed by atoms with Crippen LogP contribution in [-0.4, -0.2) is 39.8 Å². The van der Waals surface area contributed by atoms with E-state index in [9.17, 15) is 0 Å². The molecule has 1 aliphatic carbocycles. The summed E-state index contributed by atoms with van der Waals surface area (Å²) < 4.78 is 5.34. The van der Waals surface area contributed by atoms with Crippen LogP contribution < -0.4 is 0 Å². The van der Waals surface area contributed by atoms with Gasteiger partial charge < -0.3 is 9.63 Å². The van der Waals surface area contributed by atoms with E-state index in [1.54, 1.807) is 0 Å². The Morgan fingerprint density at radius 3 is 2.94 bits per heavy atom. The van der Waals surface area contributed by atoms with Gasteiger partial charge in [-0.1, -0.05) is 5.16 Å². The summed E-state index contributed by atoms with van der Waals surface area (Å²) in [7, 11) is 0. The van der Waals surface area contributed by atoms with Gasteiger partial charge in [-0.3, -0.25) is 4.90 Å². The summed E-state index contributed by atoms with van der Waals surface area (Å²) in [6.07, 6.45) is 3.46. The predicted molar refractivity (Wildman–Crippen MR) is 61.5 cm³/mol. The molecule has 0 bridgehead atoms. The first-order valence-corrected chi connectivity index (χ1v) is 6.46. The van der Waals surface area contributed by atoms with E-state index in [4.69, 9.17) is 9.63 Å². The Balaban J connectivity index is 1.66. The van der Waals surface area contributed by atoms with Crippen molar-refractivity contribution in [3.05, 3.63) is 11.7 Å². The number of rotatable bonds is 4. The first-order chi connectivity index (χ1) is 8.28. The molecule has 17 heavy (non-hydrogen) atoms. The molecule has 0 spiro atoms. The molecule has 3 rings (SSSR count). The number of likely N-dealkylation sites (tertiary alicyclic amines) is 1. The van der Waals surface area contributed by atoms with Crippen LogP contribution in [0.3, 0.4) is 0 Å². The topological polar surface area (TPSA) is 62.4 Å². The minimum Gasteiger partial charge on any atom is -0.396 e. The van der Waals surface area contributed by atoms with Gasteiger partial charge in [-0.05, 0) is 38.6 Å². The van der Waals surface area contributed by atoms with Crippen LogP contribution in [0.25, 0.3) is 0 Å². The van der Waals surface area contributed by atoms with E-state index in [-0.39, 0.29) is 12.6 Å². The lowest BCUT2D eigenvalue weighted by Gasteiger charge is -2.20. The zero-order chi connectivity index (χ0) is 11.8. The minimum absolute atomic E-state index is 0.173. The third-order valence-electron chi connectivity index (χ3n) is 3.88. The van der Waals surface area contributed by atoms with E-state index in [1.807, 2.05) is 0 Å². The summed E-state index contributed by atoms with van der Waals surface area (Å²) in [6, 6.07) is 0.173. The van der Waals surface area contributed by atoms with Crippen LogP contribution in [0, 0.1) is 5.92 Å². The second-order valence-corrected chi connectivity index (χ2v) is 5.27. The van der Waals surface area contributed by atoms with Crippen LogP contribution in [-0.2, 0) is 0 Å². The SMILES string of the molecule is CC(c1nc(C2CC2)no1)N1CCC(CO)C1. The molecule has 5 nitrogen and oxygen atoms in total. The highest BCUT2D eigenvalue weighted by Crippen LogP contribution is 2.38. The smallest absolute Gasteiger partial charge is 0.243 e. The molecule has 2 heterocycles. The van der Waals surface area contributed by atoms with Gasteiger partial charge in [0.25, 0.3) is 0 Å². The first-order valence-electron chi connectivity index (χ1n) is 6.46. The van der Waals surface area contributed by atoms with Crippen molar-refractivity contribution in [2.75, 3.05) is 19.7 Å². The van der Waals surface area contributed by atoms with Gasteiger partial charge in [-0.25, -0.2) is 0 Å². The van der Waals surface area contributed by atoms with Crippen molar-refractivity contribution in [2.45, 2.75) is 38.1 Å². The monoisotopic (exact) mass is 237 g/mol. The van der Waals surface area contributed by atoms with Crippen molar-refractivity contribution in [3.8, 4) is 0 Å². The van der Waals surface area contributed by atoms with Gasteiger partial charge in [0, 0.05) is 19.1 Å². The van der Waals surface area contributed by atoms with Crippen molar-refractivity contribution in [1.29, 1.82) is 0 Å². The minimum atomic E-state index is 0.173. The maximum Gasteiger partial charge on any atom is 0.243 e. The van der Waals surface area contributed by atoms with E-state index < -0.39 is 0 Å². The number of aliphatic hydroxyl groups is 1. The van der Waals surface area contributed by atoms with E-state index >= 15 is 0 Å². The summed E-state index contributed by atoms with van der Waals surface area (Å²) in [5.41, 5.74) is 0. The lowest BCUT2D eigenvalue weighted by atomic mass is 10.1. The first kappa shape index (κ1) is 11.2. The molecule has 94 valence electrons. The summed E-state index contributed by atoms with van der Waals surface area (Å²) >= 11 is 0. The molecule has 0 aromatic carbocycles. The lowest BCUT2D eigenvalue weighted by molar-refractivity contribution is 0.182. The number of nitrogens with zero attached hydrogens (tertiary/aromatic N) is 3. The van der Waals surface area contributed by atoms with Gasteiger partial charge in [0.05, 0.1) is 6.04 Å². The number of hydrogen-bond donors (Lipinski definition) is 1. The third kappa shape index (κ3) is 2.21. The normalized spacial score (nSPS) is 27.5. The average Bonchev–Trinajstić information content (AvgIpc) is 2.93. The summed E-state index contributed by atoms with van der Waals surface area (Å²) in [4.78, 5) is 6.80. The van der Waals surface area contributed by atoms with E-state index in [1.165, 1.54) is 12.8 Å². The standard InChI is InChI=1S/C12H19N3O2/c1-8(15-5-4-9(6-15)7-16)12-13-11(14-17-12)10-2-3-10/h8-10,16H,2-7H2,1H3. The fourth-order valence-corrected chi connectivity index (χ4v) is 2.44. The van der Waals surface area contributed by atoms with Crippen LogP contribution in [0.4, 0.5) is 0 Å². The van der Waals surface area contributed by atoms with E-state index in [2.05, 4.69) is 22.0 Å². The molecular formula is C12H19N3O2. The maximum atomic E-state index is 9.14. The zero-order valence-corrected chi connectivity index (χ0v) is 10.2. The van der Waals surface area contributed by atoms with Gasteiger partial charge in [-0.15, -0.1) is 0 Å². The third-order valence-corrected chi connectivity index (χ3v) is 3.88. The van der Waals surface area contributed by atoms with E-state index in [0.717, 1.165) is 31.2 Å². The molecule has 2 atom stereocenters. The molecular weight excluding hydrogens is 218 g/mol. The quantitative estimate of drug-likeness (QED) is 0.855. The molecule has 0 radical (unpaired) electrons. The number of hydrogen-bond acceptors (Lipinski definition) is 5. The van der Waals surface area contributed by atoms with Gasteiger partial charge in [0.15, 0.2) is 5.82 Å². The van der Waals surface area contributed by atoms with Gasteiger partial charge in [0.1, 0.15) is 0 Å². The maximum absolute atomic E-state index is 9.14. The number of aliphatic hydroxyl groups excluding tert-OH is 1. The Bertz CT molecular complexity index is 389. The Hall–Kier alpha value is -0.940. The van der Waals surface area contributed by atoms with Gasteiger partial charge >= 0.3 is 0 Å². The van der Waals surface area contributed by atoms with Crippen molar-refractivity contribution in [2.24, 2.45) is 5.92 Å². The molecule has 5 heteroatoms. The molecule has 1 saturated carbocycles. The highest BCUT2D eigenvalue weighted by atomic mass is 16.5.